The molecule has 0 aromatic heterocycles. The summed E-state index contributed by atoms with van der Waals surface area (Å²) in [5.41, 5.74) is 11.2. The standard InChI is InChI=1S/C15H30N4O4S/c1-3-9(2)12(15(22)23)19-14(21)11(8-24)18-13(20)10(17)6-4-5-7-16/h9-12,24H,3-8,16-17H2,1-2H3,(H,18,20)(H,19,21)(H,22,23)/t9-,10-,11-,12-/m0/s1. The molecule has 0 aliphatic carbocycles. The average molecular weight is 362 g/mol. The Balaban J connectivity index is 4.68. The third-order valence-corrected chi connectivity index (χ3v) is 4.26. The van der Waals surface area contributed by atoms with Gasteiger partial charge in [0.2, 0.25) is 11.8 Å². The van der Waals surface area contributed by atoms with Crippen LogP contribution < -0.4 is 22.1 Å². The van der Waals surface area contributed by atoms with E-state index in [0.29, 0.717) is 19.4 Å². The topological polar surface area (TPSA) is 148 Å². The highest BCUT2D eigenvalue weighted by Gasteiger charge is 2.29. The van der Waals surface area contributed by atoms with Gasteiger partial charge in [0.25, 0.3) is 0 Å². The van der Waals surface area contributed by atoms with Crippen LogP contribution >= 0.6 is 12.6 Å². The lowest BCUT2D eigenvalue weighted by atomic mass is 9.99. The minimum atomic E-state index is -1.11. The molecule has 2 amide bonds. The van der Waals surface area contributed by atoms with E-state index in [2.05, 4.69) is 23.3 Å². The highest BCUT2D eigenvalue weighted by atomic mass is 32.1. The molecule has 0 saturated carbocycles. The van der Waals surface area contributed by atoms with E-state index in [4.69, 9.17) is 11.5 Å². The van der Waals surface area contributed by atoms with Gasteiger partial charge in [-0.2, -0.15) is 12.6 Å². The Morgan fingerprint density at radius 3 is 2.25 bits per heavy atom. The Morgan fingerprint density at radius 1 is 1.17 bits per heavy atom. The van der Waals surface area contributed by atoms with Crippen molar-refractivity contribution >= 4 is 30.4 Å². The second kappa shape index (κ2) is 12.1. The van der Waals surface area contributed by atoms with E-state index in [1.807, 2.05) is 6.92 Å². The van der Waals surface area contributed by atoms with Gasteiger partial charge in [-0.3, -0.25) is 9.59 Å². The number of aliphatic carboxylic acids is 1. The molecule has 0 fully saturated rings. The number of hydrogen-bond acceptors (Lipinski definition) is 6. The van der Waals surface area contributed by atoms with Gasteiger partial charge >= 0.3 is 5.97 Å². The summed E-state index contributed by atoms with van der Waals surface area (Å²) in [5.74, 6) is -2.35. The lowest BCUT2D eigenvalue weighted by molar-refractivity contribution is -0.143. The van der Waals surface area contributed by atoms with Gasteiger partial charge in [-0.25, -0.2) is 4.79 Å². The summed E-state index contributed by atoms with van der Waals surface area (Å²) >= 11 is 4.05. The predicted molar refractivity (Wildman–Crippen MR) is 95.7 cm³/mol. The van der Waals surface area contributed by atoms with Crippen LogP contribution in [-0.2, 0) is 14.4 Å². The van der Waals surface area contributed by atoms with Crippen LogP contribution in [0.5, 0.6) is 0 Å². The molecule has 0 saturated heterocycles. The Kier molecular flexibility index (Phi) is 11.4. The molecule has 0 unspecified atom stereocenters. The zero-order chi connectivity index (χ0) is 18.7. The van der Waals surface area contributed by atoms with Crippen molar-refractivity contribution in [3.8, 4) is 0 Å². The first-order valence-corrected chi connectivity index (χ1v) is 8.81. The molecule has 0 heterocycles. The molecule has 9 heteroatoms. The maximum absolute atomic E-state index is 12.2. The highest BCUT2D eigenvalue weighted by Crippen LogP contribution is 2.08. The number of unbranched alkanes of at least 4 members (excludes halogenated alkanes) is 1. The summed E-state index contributed by atoms with van der Waals surface area (Å²) in [7, 11) is 0. The minimum absolute atomic E-state index is 0.0416. The first-order chi connectivity index (χ1) is 11.3. The van der Waals surface area contributed by atoms with Crippen LogP contribution in [0.25, 0.3) is 0 Å². The van der Waals surface area contributed by atoms with E-state index in [9.17, 15) is 19.5 Å². The van der Waals surface area contributed by atoms with Crippen molar-refractivity contribution in [3.05, 3.63) is 0 Å². The number of carbonyl (C=O) groups is 3. The van der Waals surface area contributed by atoms with Crippen molar-refractivity contribution < 1.29 is 19.5 Å². The van der Waals surface area contributed by atoms with Gasteiger partial charge in [0.15, 0.2) is 0 Å². The van der Waals surface area contributed by atoms with E-state index in [-0.39, 0.29) is 11.7 Å². The molecule has 0 bridgehead atoms. The molecule has 0 aromatic carbocycles. The molecule has 140 valence electrons. The lowest BCUT2D eigenvalue weighted by Crippen LogP contribution is -2.56. The average Bonchev–Trinajstić information content (AvgIpc) is 2.55. The maximum atomic E-state index is 12.2. The van der Waals surface area contributed by atoms with Gasteiger partial charge in [-0.1, -0.05) is 26.7 Å². The molecule has 0 spiro atoms. The summed E-state index contributed by atoms with van der Waals surface area (Å²) in [4.78, 5) is 35.5. The zero-order valence-electron chi connectivity index (χ0n) is 14.3. The number of hydrogen-bond donors (Lipinski definition) is 6. The Morgan fingerprint density at radius 2 is 1.79 bits per heavy atom. The van der Waals surface area contributed by atoms with Gasteiger partial charge in [0, 0.05) is 5.75 Å². The molecule has 8 nitrogen and oxygen atoms in total. The molecule has 0 rings (SSSR count). The molecule has 0 aliphatic rings. The predicted octanol–water partition coefficient (Wildman–Crippen LogP) is -0.527. The summed E-state index contributed by atoms with van der Waals surface area (Å²) in [5, 5.41) is 14.2. The van der Waals surface area contributed by atoms with Gasteiger partial charge in [-0.05, 0) is 25.3 Å². The summed E-state index contributed by atoms with van der Waals surface area (Å²) in [6, 6.07) is -2.69. The molecule has 24 heavy (non-hydrogen) atoms. The third-order valence-electron chi connectivity index (χ3n) is 3.90. The van der Waals surface area contributed by atoms with Crippen molar-refractivity contribution in [2.75, 3.05) is 12.3 Å². The van der Waals surface area contributed by atoms with Crippen molar-refractivity contribution in [2.45, 2.75) is 57.7 Å². The second-order valence-corrected chi connectivity index (χ2v) is 6.21. The van der Waals surface area contributed by atoms with Gasteiger partial charge < -0.3 is 27.2 Å². The summed E-state index contributed by atoms with van der Waals surface area (Å²) in [6.07, 6.45) is 2.56. The molecule has 0 aliphatic heterocycles. The largest absolute Gasteiger partial charge is 0.480 e. The number of nitrogens with one attached hydrogen (secondary N) is 2. The Labute approximate surface area is 148 Å². The van der Waals surface area contributed by atoms with E-state index < -0.39 is 35.9 Å². The summed E-state index contributed by atoms with van der Waals surface area (Å²) in [6.45, 7) is 4.11. The van der Waals surface area contributed by atoms with Crippen LogP contribution in [-0.4, -0.2) is 53.3 Å². The van der Waals surface area contributed by atoms with Gasteiger partial charge in [0.1, 0.15) is 12.1 Å². The fourth-order valence-corrected chi connectivity index (χ4v) is 2.31. The first-order valence-electron chi connectivity index (χ1n) is 8.18. The normalized spacial score (nSPS) is 15.9. The van der Waals surface area contributed by atoms with Crippen LogP contribution in [0.15, 0.2) is 0 Å². The number of nitrogens with two attached hydrogens (primary N) is 2. The van der Waals surface area contributed by atoms with E-state index in [0.717, 1.165) is 12.8 Å². The fourth-order valence-electron chi connectivity index (χ4n) is 2.05. The number of carboxylic acids is 1. The van der Waals surface area contributed by atoms with E-state index in [1.54, 1.807) is 6.92 Å². The number of carbonyl (C=O) groups excluding carboxylic acids is 2. The maximum Gasteiger partial charge on any atom is 0.326 e. The van der Waals surface area contributed by atoms with Crippen molar-refractivity contribution in [1.82, 2.24) is 10.6 Å². The number of rotatable bonds is 12. The second-order valence-electron chi connectivity index (χ2n) is 5.84. The lowest BCUT2D eigenvalue weighted by Gasteiger charge is -2.24. The zero-order valence-corrected chi connectivity index (χ0v) is 15.2. The van der Waals surface area contributed by atoms with Crippen LogP contribution in [0.4, 0.5) is 0 Å². The number of carboxylic acid groups (broad SMARTS) is 1. The van der Waals surface area contributed by atoms with E-state index >= 15 is 0 Å². The van der Waals surface area contributed by atoms with Crippen molar-refractivity contribution in [3.63, 3.8) is 0 Å². The van der Waals surface area contributed by atoms with E-state index in [1.165, 1.54) is 0 Å². The van der Waals surface area contributed by atoms with Gasteiger partial charge in [-0.15, -0.1) is 0 Å². The molecule has 4 atom stereocenters. The van der Waals surface area contributed by atoms with Crippen molar-refractivity contribution in [1.29, 1.82) is 0 Å². The molecular weight excluding hydrogens is 332 g/mol. The van der Waals surface area contributed by atoms with Crippen LogP contribution in [0.2, 0.25) is 0 Å². The fraction of sp³-hybridized carbons (Fsp3) is 0.800. The highest BCUT2D eigenvalue weighted by molar-refractivity contribution is 7.80. The Hall–Kier alpha value is -1.32. The van der Waals surface area contributed by atoms with Crippen LogP contribution in [0.3, 0.4) is 0 Å². The van der Waals surface area contributed by atoms with Crippen LogP contribution in [0.1, 0.15) is 39.5 Å². The summed E-state index contributed by atoms with van der Waals surface area (Å²) < 4.78 is 0. The molecule has 7 N–H and O–H groups in total. The molecular formula is C15H30N4O4S. The number of amides is 2. The third kappa shape index (κ3) is 7.98. The van der Waals surface area contributed by atoms with Crippen LogP contribution in [0, 0.1) is 5.92 Å². The quantitative estimate of drug-likeness (QED) is 0.203. The minimum Gasteiger partial charge on any atom is -0.480 e. The SMILES string of the molecule is CC[C@H](C)[C@H](NC(=O)[C@H](CS)NC(=O)[C@@H](N)CCCCN)C(=O)O. The first kappa shape index (κ1) is 22.7. The molecule has 0 aromatic rings. The Bertz CT molecular complexity index is 422. The van der Waals surface area contributed by atoms with Gasteiger partial charge in [0.05, 0.1) is 6.04 Å². The number of thiol groups is 1. The molecule has 0 radical (unpaired) electrons. The smallest absolute Gasteiger partial charge is 0.326 e. The monoisotopic (exact) mass is 362 g/mol. The van der Waals surface area contributed by atoms with Crippen molar-refractivity contribution in [2.24, 2.45) is 17.4 Å².